The van der Waals surface area contributed by atoms with Gasteiger partial charge in [0.05, 0.1) is 12.8 Å². The Morgan fingerprint density at radius 2 is 2.13 bits per heavy atom. The summed E-state index contributed by atoms with van der Waals surface area (Å²) >= 11 is 0. The predicted octanol–water partition coefficient (Wildman–Crippen LogP) is 1.64. The first kappa shape index (κ1) is 17.3. The first-order chi connectivity index (χ1) is 11.0. The number of hydrogen-bond donors (Lipinski definition) is 3. The lowest BCUT2D eigenvalue weighted by molar-refractivity contribution is -0.126. The first-order valence-electron chi connectivity index (χ1n) is 7.97. The molecule has 1 aliphatic carbocycles. The Hall–Kier alpha value is -2.08. The number of benzene rings is 1. The lowest BCUT2D eigenvalue weighted by Crippen LogP contribution is -2.34. The summed E-state index contributed by atoms with van der Waals surface area (Å²) in [6.07, 6.45) is 3.01. The second-order valence-corrected chi connectivity index (χ2v) is 5.97. The molecule has 6 heteroatoms. The normalized spacial score (nSPS) is 20.1. The molecule has 1 aliphatic rings. The van der Waals surface area contributed by atoms with Crippen LogP contribution in [0.4, 0.5) is 5.69 Å². The van der Waals surface area contributed by atoms with Crippen LogP contribution in [0.3, 0.4) is 0 Å². The fourth-order valence-corrected chi connectivity index (χ4v) is 3.14. The number of rotatable bonds is 6. The molecule has 0 aliphatic heterocycles. The van der Waals surface area contributed by atoms with Gasteiger partial charge in [-0.1, -0.05) is 12.5 Å². The minimum Gasteiger partial charge on any atom is -0.495 e. The molecule has 2 amide bonds. The van der Waals surface area contributed by atoms with Crippen LogP contribution >= 0.6 is 0 Å². The monoisotopic (exact) mass is 319 g/mol. The van der Waals surface area contributed by atoms with E-state index in [1.807, 2.05) is 12.1 Å². The van der Waals surface area contributed by atoms with E-state index in [0.29, 0.717) is 30.4 Å². The smallest absolute Gasteiger partial charge is 0.223 e. The van der Waals surface area contributed by atoms with Crippen molar-refractivity contribution in [3.63, 3.8) is 0 Å². The molecule has 2 atom stereocenters. The predicted molar refractivity (Wildman–Crippen MR) is 89.0 cm³/mol. The fraction of sp³-hybridized carbons (Fsp3) is 0.529. The van der Waals surface area contributed by atoms with Gasteiger partial charge in [-0.25, -0.2) is 0 Å². The van der Waals surface area contributed by atoms with Gasteiger partial charge in [-0.2, -0.15) is 0 Å². The Morgan fingerprint density at radius 3 is 2.78 bits per heavy atom. The number of nitrogens with two attached hydrogens (primary N) is 1. The average Bonchev–Trinajstić information content (AvgIpc) is 3.01. The van der Waals surface area contributed by atoms with Crippen molar-refractivity contribution in [3.8, 4) is 5.75 Å². The van der Waals surface area contributed by atoms with Crippen LogP contribution in [-0.2, 0) is 16.1 Å². The number of anilines is 1. The maximum atomic E-state index is 12.3. The van der Waals surface area contributed by atoms with Crippen LogP contribution in [0.1, 0.15) is 31.7 Å². The van der Waals surface area contributed by atoms with Crippen LogP contribution in [0.5, 0.6) is 5.75 Å². The van der Waals surface area contributed by atoms with E-state index in [2.05, 4.69) is 10.6 Å². The lowest BCUT2D eigenvalue weighted by atomic mass is 9.95. The van der Waals surface area contributed by atoms with Gasteiger partial charge in [-0.3, -0.25) is 9.59 Å². The highest BCUT2D eigenvalue weighted by Crippen LogP contribution is 2.31. The second kappa shape index (κ2) is 7.97. The molecule has 0 bridgehead atoms. The molecule has 6 nitrogen and oxygen atoms in total. The van der Waals surface area contributed by atoms with Crippen molar-refractivity contribution in [2.45, 2.75) is 32.7 Å². The molecule has 126 valence electrons. The van der Waals surface area contributed by atoms with Gasteiger partial charge < -0.3 is 21.1 Å². The van der Waals surface area contributed by atoms with Gasteiger partial charge in [0.15, 0.2) is 0 Å². The highest BCUT2D eigenvalue weighted by molar-refractivity contribution is 5.90. The maximum absolute atomic E-state index is 12.3. The molecule has 0 saturated heterocycles. The number of carbonyl (C=O) groups excluding carboxylic acids is 2. The van der Waals surface area contributed by atoms with E-state index < -0.39 is 0 Å². The topological polar surface area (TPSA) is 93.4 Å². The summed E-state index contributed by atoms with van der Waals surface area (Å²) in [6, 6.07) is 5.47. The summed E-state index contributed by atoms with van der Waals surface area (Å²) in [5.74, 6) is 0.805. The van der Waals surface area contributed by atoms with Crippen LogP contribution in [0.2, 0.25) is 0 Å². The number of hydrogen-bond acceptors (Lipinski definition) is 4. The lowest BCUT2D eigenvalue weighted by Gasteiger charge is -2.18. The second-order valence-electron chi connectivity index (χ2n) is 5.97. The molecule has 0 unspecified atom stereocenters. The first-order valence-corrected chi connectivity index (χ1v) is 7.97. The van der Waals surface area contributed by atoms with Gasteiger partial charge in [0, 0.05) is 19.4 Å². The summed E-state index contributed by atoms with van der Waals surface area (Å²) in [5.41, 5.74) is 7.25. The maximum Gasteiger partial charge on any atom is 0.223 e. The molecule has 23 heavy (non-hydrogen) atoms. The zero-order chi connectivity index (χ0) is 16.8. The summed E-state index contributed by atoms with van der Waals surface area (Å²) < 4.78 is 5.22. The van der Waals surface area contributed by atoms with E-state index in [-0.39, 0.29) is 17.7 Å². The largest absolute Gasteiger partial charge is 0.495 e. The average molecular weight is 319 g/mol. The molecule has 1 saturated carbocycles. The summed E-state index contributed by atoms with van der Waals surface area (Å²) in [7, 11) is 1.55. The van der Waals surface area contributed by atoms with Gasteiger partial charge in [0.1, 0.15) is 5.75 Å². The van der Waals surface area contributed by atoms with Gasteiger partial charge in [-0.15, -0.1) is 0 Å². The molecule has 1 aromatic carbocycles. The Kier molecular flexibility index (Phi) is 5.98. The Labute approximate surface area is 136 Å². The zero-order valence-electron chi connectivity index (χ0n) is 13.7. The summed E-state index contributed by atoms with van der Waals surface area (Å²) in [4.78, 5) is 23.6. The van der Waals surface area contributed by atoms with Crippen LogP contribution in [0, 0.1) is 11.8 Å². The molecule has 4 N–H and O–H groups in total. The zero-order valence-corrected chi connectivity index (χ0v) is 13.7. The molecule has 0 radical (unpaired) electrons. The van der Waals surface area contributed by atoms with Crippen molar-refractivity contribution in [2.75, 3.05) is 19.0 Å². The third-order valence-corrected chi connectivity index (χ3v) is 4.34. The molecule has 1 fully saturated rings. The van der Waals surface area contributed by atoms with Crippen LogP contribution in [-0.4, -0.2) is 25.5 Å². The minimum atomic E-state index is -0.166. The molecular weight excluding hydrogens is 294 g/mol. The Morgan fingerprint density at radius 1 is 1.35 bits per heavy atom. The molecule has 0 heterocycles. The van der Waals surface area contributed by atoms with E-state index in [1.54, 1.807) is 13.2 Å². The molecule has 0 aromatic heterocycles. The van der Waals surface area contributed by atoms with E-state index in [1.165, 1.54) is 6.92 Å². The van der Waals surface area contributed by atoms with Crippen LogP contribution in [0.25, 0.3) is 0 Å². The highest BCUT2D eigenvalue weighted by Gasteiger charge is 2.31. The number of nitrogens with one attached hydrogen (secondary N) is 2. The number of carbonyl (C=O) groups is 2. The standard InChI is InChI=1S/C17H25N3O3/c1-11(21)20-15-8-12(6-7-16(15)23-2)10-19-17(22)14-5-3-4-13(14)9-18/h6-8,13-14H,3-5,9-10,18H2,1-2H3,(H,19,22)(H,20,21)/t13-,14-/m1/s1. The molecule has 0 spiro atoms. The summed E-state index contributed by atoms with van der Waals surface area (Å²) in [5, 5.41) is 5.71. The van der Waals surface area contributed by atoms with E-state index >= 15 is 0 Å². The SMILES string of the molecule is COc1ccc(CNC(=O)[C@@H]2CCC[C@@H]2CN)cc1NC(C)=O. The van der Waals surface area contributed by atoms with Crippen molar-refractivity contribution in [1.29, 1.82) is 0 Å². The fourth-order valence-electron chi connectivity index (χ4n) is 3.14. The molecule has 2 rings (SSSR count). The minimum absolute atomic E-state index is 0.0214. The van der Waals surface area contributed by atoms with Gasteiger partial charge in [0.25, 0.3) is 0 Å². The van der Waals surface area contributed by atoms with Gasteiger partial charge >= 0.3 is 0 Å². The van der Waals surface area contributed by atoms with Crippen LogP contribution in [0.15, 0.2) is 18.2 Å². The van der Waals surface area contributed by atoms with Crippen molar-refractivity contribution in [3.05, 3.63) is 23.8 Å². The number of methoxy groups -OCH3 is 1. The Bertz CT molecular complexity index is 574. The molecular formula is C17H25N3O3. The molecule has 1 aromatic rings. The van der Waals surface area contributed by atoms with Crippen molar-refractivity contribution >= 4 is 17.5 Å². The van der Waals surface area contributed by atoms with Gasteiger partial charge in [-0.05, 0) is 43.0 Å². The quantitative estimate of drug-likeness (QED) is 0.743. The Balaban J connectivity index is 2.00. The third kappa shape index (κ3) is 4.45. The van der Waals surface area contributed by atoms with E-state index in [4.69, 9.17) is 10.5 Å². The third-order valence-electron chi connectivity index (χ3n) is 4.34. The van der Waals surface area contributed by atoms with E-state index in [9.17, 15) is 9.59 Å². The van der Waals surface area contributed by atoms with Crippen molar-refractivity contribution in [2.24, 2.45) is 17.6 Å². The van der Waals surface area contributed by atoms with Crippen LogP contribution < -0.4 is 21.1 Å². The number of amides is 2. The number of ether oxygens (including phenoxy) is 1. The van der Waals surface area contributed by atoms with Crippen molar-refractivity contribution < 1.29 is 14.3 Å². The van der Waals surface area contributed by atoms with E-state index in [0.717, 1.165) is 24.8 Å². The van der Waals surface area contributed by atoms with Gasteiger partial charge in [0.2, 0.25) is 11.8 Å². The highest BCUT2D eigenvalue weighted by atomic mass is 16.5. The summed E-state index contributed by atoms with van der Waals surface area (Å²) in [6.45, 7) is 2.43. The van der Waals surface area contributed by atoms with Crippen molar-refractivity contribution in [1.82, 2.24) is 5.32 Å².